The summed E-state index contributed by atoms with van der Waals surface area (Å²) in [5.41, 5.74) is 1.30. The monoisotopic (exact) mass is 420 g/mol. The Hall–Kier alpha value is -2.81. The number of furan rings is 1. The van der Waals surface area contributed by atoms with Crippen molar-refractivity contribution in [2.24, 2.45) is 5.14 Å². The normalized spacial score (nSPS) is 11.2. The van der Waals surface area contributed by atoms with Crippen molar-refractivity contribution in [1.82, 2.24) is 0 Å². The molecule has 1 heterocycles. The van der Waals surface area contributed by atoms with E-state index in [1.165, 1.54) is 30.3 Å². The first-order chi connectivity index (χ1) is 13.2. The third-order valence-electron chi connectivity index (χ3n) is 3.84. The van der Waals surface area contributed by atoms with Crippen LogP contribution in [0.1, 0.15) is 21.9 Å². The maximum Gasteiger partial charge on any atom is 0.291 e. The van der Waals surface area contributed by atoms with Crippen molar-refractivity contribution in [3.8, 4) is 5.75 Å². The summed E-state index contributed by atoms with van der Waals surface area (Å²) in [6, 6.07) is 14.0. The minimum atomic E-state index is -3.78. The van der Waals surface area contributed by atoms with Crippen LogP contribution in [0.5, 0.6) is 5.75 Å². The molecule has 3 rings (SSSR count). The Morgan fingerprint density at radius 3 is 2.50 bits per heavy atom. The Balaban J connectivity index is 1.61. The molecule has 0 spiro atoms. The van der Waals surface area contributed by atoms with Gasteiger partial charge >= 0.3 is 0 Å². The largest absolute Gasteiger partial charge is 0.486 e. The van der Waals surface area contributed by atoms with Gasteiger partial charge in [-0.15, -0.1) is 0 Å². The summed E-state index contributed by atoms with van der Waals surface area (Å²) in [4.78, 5) is 12.2. The van der Waals surface area contributed by atoms with Crippen molar-refractivity contribution < 1.29 is 22.4 Å². The lowest BCUT2D eigenvalue weighted by molar-refractivity contribution is 0.0992. The Bertz CT molecular complexity index is 1110. The zero-order valence-corrected chi connectivity index (χ0v) is 16.4. The van der Waals surface area contributed by atoms with Gasteiger partial charge in [0.25, 0.3) is 5.91 Å². The summed E-state index contributed by atoms with van der Waals surface area (Å²) >= 11 is 5.98. The van der Waals surface area contributed by atoms with Gasteiger partial charge in [0.05, 0.1) is 4.90 Å². The summed E-state index contributed by atoms with van der Waals surface area (Å²) in [5, 5.41) is 8.31. The number of rotatable bonds is 6. The van der Waals surface area contributed by atoms with E-state index in [4.69, 9.17) is 25.9 Å². The number of benzene rings is 2. The average Bonchev–Trinajstić information content (AvgIpc) is 3.12. The molecule has 146 valence electrons. The van der Waals surface area contributed by atoms with Crippen LogP contribution in [-0.4, -0.2) is 14.3 Å². The van der Waals surface area contributed by atoms with Crippen LogP contribution in [-0.2, 0) is 16.6 Å². The van der Waals surface area contributed by atoms with Crippen LogP contribution < -0.4 is 15.2 Å². The van der Waals surface area contributed by atoms with Gasteiger partial charge in [-0.05, 0) is 67.1 Å². The minimum absolute atomic E-state index is 0.0413. The molecule has 0 atom stereocenters. The van der Waals surface area contributed by atoms with Crippen LogP contribution in [0.25, 0.3) is 0 Å². The molecule has 0 unspecified atom stereocenters. The van der Waals surface area contributed by atoms with E-state index in [1.54, 1.807) is 18.2 Å². The molecule has 1 amide bonds. The lowest BCUT2D eigenvalue weighted by Crippen LogP contribution is -2.13. The van der Waals surface area contributed by atoms with Gasteiger partial charge in [0.15, 0.2) is 5.76 Å². The highest BCUT2D eigenvalue weighted by Gasteiger charge is 2.13. The lowest BCUT2D eigenvalue weighted by atomic mass is 10.2. The lowest BCUT2D eigenvalue weighted by Gasteiger charge is -2.06. The maximum atomic E-state index is 12.3. The number of anilines is 1. The van der Waals surface area contributed by atoms with Crippen molar-refractivity contribution in [2.45, 2.75) is 18.4 Å². The number of halogens is 1. The van der Waals surface area contributed by atoms with Gasteiger partial charge in [-0.3, -0.25) is 4.79 Å². The summed E-state index contributed by atoms with van der Waals surface area (Å²) in [7, 11) is -3.78. The molecule has 0 saturated carbocycles. The van der Waals surface area contributed by atoms with Gasteiger partial charge in [-0.25, -0.2) is 13.6 Å². The van der Waals surface area contributed by atoms with E-state index in [0.29, 0.717) is 22.2 Å². The summed E-state index contributed by atoms with van der Waals surface area (Å²) < 4.78 is 33.6. The zero-order valence-electron chi connectivity index (χ0n) is 14.8. The molecule has 0 aliphatic heterocycles. The fraction of sp³-hybridized carbons (Fsp3) is 0.105. The summed E-state index contributed by atoms with van der Waals surface area (Å²) in [6.07, 6.45) is 0. The third-order valence-corrected chi connectivity index (χ3v) is 5.19. The van der Waals surface area contributed by atoms with E-state index in [2.05, 4.69) is 5.32 Å². The quantitative estimate of drug-likeness (QED) is 0.631. The van der Waals surface area contributed by atoms with Crippen molar-refractivity contribution in [3.05, 3.63) is 76.7 Å². The Kier molecular flexibility index (Phi) is 5.73. The first kappa shape index (κ1) is 19.9. The number of hydrogen-bond donors (Lipinski definition) is 2. The molecule has 3 aromatic rings. The molecule has 0 bridgehead atoms. The standard InChI is InChI=1S/C19H17ClN2O5S/c1-12-10-14(4-8-17(12)20)26-11-15-5-9-18(27-15)19(23)22-13-2-6-16(7-3-13)28(21,24)25/h2-10H,11H2,1H3,(H,22,23)(H2,21,24,25). The molecule has 9 heteroatoms. The number of carbonyl (C=O) groups is 1. The van der Waals surface area contributed by atoms with E-state index >= 15 is 0 Å². The van der Waals surface area contributed by atoms with Crippen LogP contribution in [0.2, 0.25) is 5.02 Å². The number of primary sulfonamides is 1. The van der Waals surface area contributed by atoms with Crippen LogP contribution >= 0.6 is 11.6 Å². The second kappa shape index (κ2) is 8.05. The van der Waals surface area contributed by atoms with Crippen LogP contribution in [0.3, 0.4) is 0 Å². The zero-order chi connectivity index (χ0) is 20.3. The van der Waals surface area contributed by atoms with Gasteiger partial charge in [0.1, 0.15) is 18.1 Å². The van der Waals surface area contributed by atoms with Gasteiger partial charge in [-0.2, -0.15) is 0 Å². The van der Waals surface area contributed by atoms with Gasteiger partial charge < -0.3 is 14.5 Å². The Morgan fingerprint density at radius 1 is 1.14 bits per heavy atom. The molecule has 7 nitrogen and oxygen atoms in total. The Labute approximate surface area is 167 Å². The Morgan fingerprint density at radius 2 is 1.86 bits per heavy atom. The smallest absolute Gasteiger partial charge is 0.291 e. The second-order valence-electron chi connectivity index (χ2n) is 5.99. The highest BCUT2D eigenvalue weighted by molar-refractivity contribution is 7.89. The van der Waals surface area contributed by atoms with E-state index in [-0.39, 0.29) is 17.3 Å². The number of nitrogens with two attached hydrogens (primary N) is 1. The molecular formula is C19H17ClN2O5S. The average molecular weight is 421 g/mol. The first-order valence-electron chi connectivity index (χ1n) is 8.14. The fourth-order valence-electron chi connectivity index (χ4n) is 2.36. The molecular weight excluding hydrogens is 404 g/mol. The van der Waals surface area contributed by atoms with Crippen molar-refractivity contribution in [3.63, 3.8) is 0 Å². The fourth-order valence-corrected chi connectivity index (χ4v) is 2.99. The molecule has 3 N–H and O–H groups in total. The number of ether oxygens (including phenoxy) is 1. The first-order valence-corrected chi connectivity index (χ1v) is 10.1. The summed E-state index contributed by atoms with van der Waals surface area (Å²) in [5.74, 6) is 0.736. The molecule has 28 heavy (non-hydrogen) atoms. The number of sulfonamides is 1. The molecule has 0 aliphatic carbocycles. The minimum Gasteiger partial charge on any atom is -0.486 e. The number of aryl methyl sites for hydroxylation is 1. The maximum absolute atomic E-state index is 12.3. The SMILES string of the molecule is Cc1cc(OCc2ccc(C(=O)Nc3ccc(S(N)(=O)=O)cc3)o2)ccc1Cl. The van der Waals surface area contributed by atoms with Crippen molar-refractivity contribution >= 4 is 33.2 Å². The predicted octanol–water partition coefficient (Wildman–Crippen LogP) is 3.72. The van der Waals surface area contributed by atoms with E-state index < -0.39 is 15.9 Å². The van der Waals surface area contributed by atoms with E-state index in [0.717, 1.165) is 5.56 Å². The molecule has 2 aromatic carbocycles. The number of hydrogen-bond acceptors (Lipinski definition) is 5. The topological polar surface area (TPSA) is 112 Å². The van der Waals surface area contributed by atoms with Crippen LogP contribution in [0.4, 0.5) is 5.69 Å². The molecule has 0 aliphatic rings. The van der Waals surface area contributed by atoms with Crippen LogP contribution in [0.15, 0.2) is 63.9 Å². The third kappa shape index (κ3) is 4.92. The highest BCUT2D eigenvalue weighted by atomic mass is 35.5. The summed E-state index contributed by atoms with van der Waals surface area (Å²) in [6.45, 7) is 2.03. The second-order valence-corrected chi connectivity index (χ2v) is 7.96. The molecule has 1 aromatic heterocycles. The van der Waals surface area contributed by atoms with E-state index in [1.807, 2.05) is 13.0 Å². The molecule has 0 fully saturated rings. The van der Waals surface area contributed by atoms with E-state index in [9.17, 15) is 13.2 Å². The predicted molar refractivity (Wildman–Crippen MR) is 105 cm³/mol. The van der Waals surface area contributed by atoms with Crippen molar-refractivity contribution in [2.75, 3.05) is 5.32 Å². The highest BCUT2D eigenvalue weighted by Crippen LogP contribution is 2.22. The van der Waals surface area contributed by atoms with Gasteiger partial charge in [0, 0.05) is 10.7 Å². The number of carbonyl (C=O) groups excluding carboxylic acids is 1. The van der Waals surface area contributed by atoms with Crippen LogP contribution in [0, 0.1) is 6.92 Å². The number of amides is 1. The molecule has 0 radical (unpaired) electrons. The number of nitrogens with one attached hydrogen (secondary N) is 1. The van der Waals surface area contributed by atoms with Gasteiger partial charge in [-0.1, -0.05) is 11.6 Å². The molecule has 0 saturated heterocycles. The van der Waals surface area contributed by atoms with Crippen molar-refractivity contribution in [1.29, 1.82) is 0 Å². The van der Waals surface area contributed by atoms with Gasteiger partial charge in [0.2, 0.25) is 10.0 Å².